The zero-order valence-corrected chi connectivity index (χ0v) is 10.9. The Morgan fingerprint density at radius 1 is 1.35 bits per heavy atom. The Labute approximate surface area is 103 Å². The Hall–Kier alpha value is -1.42. The average molecular weight is 235 g/mol. The summed E-state index contributed by atoms with van der Waals surface area (Å²) in [6, 6.07) is 2.07. The monoisotopic (exact) mass is 235 g/mol. The first-order valence-electron chi connectivity index (χ1n) is 6.06. The molecule has 4 nitrogen and oxygen atoms in total. The van der Waals surface area contributed by atoms with Crippen molar-refractivity contribution < 1.29 is 4.79 Å². The van der Waals surface area contributed by atoms with Crippen LogP contribution in [0.2, 0.25) is 0 Å². The second kappa shape index (κ2) is 7.01. The Morgan fingerprint density at radius 2 is 2.06 bits per heavy atom. The summed E-state index contributed by atoms with van der Waals surface area (Å²) >= 11 is 0. The number of rotatable bonds is 6. The second-order valence-electron chi connectivity index (χ2n) is 4.04. The summed E-state index contributed by atoms with van der Waals surface area (Å²) in [4.78, 5) is 17.6. The molecule has 1 rings (SSSR count). The van der Waals surface area contributed by atoms with E-state index in [-0.39, 0.29) is 5.91 Å². The lowest BCUT2D eigenvalue weighted by atomic mass is 10.2. The van der Waals surface area contributed by atoms with Crippen molar-refractivity contribution in [2.45, 2.75) is 27.3 Å². The fourth-order valence-corrected chi connectivity index (χ4v) is 1.72. The van der Waals surface area contributed by atoms with E-state index in [9.17, 15) is 4.79 Å². The molecule has 1 N–H and O–H groups in total. The maximum absolute atomic E-state index is 11.7. The van der Waals surface area contributed by atoms with Gasteiger partial charge in [-0.2, -0.15) is 0 Å². The number of likely N-dealkylation sites (N-methyl/N-ethyl adjacent to an activating group) is 1. The number of carbonyl (C=O) groups excluding carboxylic acids is 1. The van der Waals surface area contributed by atoms with Gasteiger partial charge in [-0.15, -0.1) is 0 Å². The van der Waals surface area contributed by atoms with Gasteiger partial charge in [-0.1, -0.05) is 6.07 Å². The van der Waals surface area contributed by atoms with Crippen LogP contribution in [0.15, 0.2) is 18.5 Å². The van der Waals surface area contributed by atoms with Crippen LogP contribution in [0.4, 0.5) is 0 Å². The van der Waals surface area contributed by atoms with Crippen LogP contribution in [0, 0.1) is 6.92 Å². The molecule has 0 aromatic carbocycles. The zero-order chi connectivity index (χ0) is 12.7. The number of nitrogens with one attached hydrogen (secondary N) is 1. The molecule has 0 aliphatic rings. The van der Waals surface area contributed by atoms with Crippen molar-refractivity contribution in [1.82, 2.24) is 15.2 Å². The van der Waals surface area contributed by atoms with Gasteiger partial charge < -0.3 is 10.2 Å². The molecule has 1 aromatic rings. The van der Waals surface area contributed by atoms with Crippen LogP contribution in [0.5, 0.6) is 0 Å². The smallest absolute Gasteiger partial charge is 0.236 e. The third-order valence-corrected chi connectivity index (χ3v) is 2.65. The first kappa shape index (κ1) is 13.6. The fourth-order valence-electron chi connectivity index (χ4n) is 1.72. The van der Waals surface area contributed by atoms with E-state index >= 15 is 0 Å². The van der Waals surface area contributed by atoms with Crippen molar-refractivity contribution in [3.8, 4) is 0 Å². The molecule has 0 aliphatic heterocycles. The summed E-state index contributed by atoms with van der Waals surface area (Å²) in [5.41, 5.74) is 2.25. The van der Waals surface area contributed by atoms with Gasteiger partial charge >= 0.3 is 0 Å². The molecule has 94 valence electrons. The van der Waals surface area contributed by atoms with Crippen LogP contribution < -0.4 is 5.32 Å². The maximum atomic E-state index is 11.7. The maximum Gasteiger partial charge on any atom is 0.236 e. The van der Waals surface area contributed by atoms with E-state index in [2.05, 4.69) is 16.4 Å². The van der Waals surface area contributed by atoms with Crippen LogP contribution in [-0.4, -0.2) is 35.4 Å². The Morgan fingerprint density at radius 3 is 2.65 bits per heavy atom. The van der Waals surface area contributed by atoms with Crippen LogP contribution in [0.3, 0.4) is 0 Å². The number of pyridine rings is 1. The number of aryl methyl sites for hydroxylation is 1. The number of hydrogen-bond donors (Lipinski definition) is 1. The largest absolute Gasteiger partial charge is 0.342 e. The van der Waals surface area contributed by atoms with Crippen molar-refractivity contribution >= 4 is 5.91 Å². The predicted octanol–water partition coefficient (Wildman–Crippen LogP) is 1.35. The third kappa shape index (κ3) is 4.53. The molecule has 1 heterocycles. The molecular formula is C13H21N3O. The van der Waals surface area contributed by atoms with E-state index in [0.717, 1.165) is 24.2 Å². The van der Waals surface area contributed by atoms with Gasteiger partial charge in [0, 0.05) is 32.0 Å². The minimum atomic E-state index is 0.149. The van der Waals surface area contributed by atoms with Crippen molar-refractivity contribution in [2.75, 3.05) is 19.6 Å². The normalized spacial score (nSPS) is 10.3. The highest BCUT2D eigenvalue weighted by Gasteiger charge is 2.08. The Kier molecular flexibility index (Phi) is 5.63. The SMILES string of the molecule is CCN(CC)C(=O)CNCc1cncc(C)c1. The summed E-state index contributed by atoms with van der Waals surface area (Å²) < 4.78 is 0. The molecule has 0 aliphatic carbocycles. The summed E-state index contributed by atoms with van der Waals surface area (Å²) in [6.45, 7) is 8.60. The summed E-state index contributed by atoms with van der Waals surface area (Å²) in [5.74, 6) is 0.149. The van der Waals surface area contributed by atoms with Crippen LogP contribution in [0.1, 0.15) is 25.0 Å². The lowest BCUT2D eigenvalue weighted by Gasteiger charge is -2.18. The topological polar surface area (TPSA) is 45.2 Å². The van der Waals surface area contributed by atoms with Gasteiger partial charge in [0.2, 0.25) is 5.91 Å². The first-order chi connectivity index (χ1) is 8.17. The summed E-state index contributed by atoms with van der Waals surface area (Å²) in [6.07, 6.45) is 3.65. The summed E-state index contributed by atoms with van der Waals surface area (Å²) in [7, 11) is 0. The van der Waals surface area contributed by atoms with Gasteiger partial charge in [0.25, 0.3) is 0 Å². The molecule has 1 aromatic heterocycles. The predicted molar refractivity (Wildman–Crippen MR) is 68.6 cm³/mol. The van der Waals surface area contributed by atoms with Crippen LogP contribution >= 0.6 is 0 Å². The van der Waals surface area contributed by atoms with E-state index in [1.54, 1.807) is 0 Å². The van der Waals surface area contributed by atoms with Crippen molar-refractivity contribution in [1.29, 1.82) is 0 Å². The fraction of sp³-hybridized carbons (Fsp3) is 0.538. The van der Waals surface area contributed by atoms with Gasteiger partial charge in [0.1, 0.15) is 0 Å². The molecule has 4 heteroatoms. The molecule has 0 unspecified atom stereocenters. The highest BCUT2D eigenvalue weighted by Crippen LogP contribution is 2.00. The average Bonchev–Trinajstić information content (AvgIpc) is 2.30. The summed E-state index contributed by atoms with van der Waals surface area (Å²) in [5, 5.41) is 3.15. The zero-order valence-electron chi connectivity index (χ0n) is 10.9. The van der Waals surface area contributed by atoms with Crippen LogP contribution in [-0.2, 0) is 11.3 Å². The standard InChI is InChI=1S/C13H21N3O/c1-4-16(5-2)13(17)10-15-9-12-6-11(3)7-14-8-12/h6-8,15H,4-5,9-10H2,1-3H3. The molecule has 0 saturated carbocycles. The molecule has 0 radical (unpaired) electrons. The van der Waals surface area contributed by atoms with Gasteiger partial charge in [0.05, 0.1) is 6.54 Å². The molecule has 1 amide bonds. The third-order valence-electron chi connectivity index (χ3n) is 2.65. The second-order valence-corrected chi connectivity index (χ2v) is 4.04. The van der Waals surface area contributed by atoms with E-state index in [4.69, 9.17) is 0 Å². The molecule has 0 fully saturated rings. The lowest BCUT2D eigenvalue weighted by Crippen LogP contribution is -2.37. The number of hydrogen-bond acceptors (Lipinski definition) is 3. The highest BCUT2D eigenvalue weighted by atomic mass is 16.2. The Bertz CT molecular complexity index is 361. The van der Waals surface area contributed by atoms with E-state index in [1.165, 1.54) is 0 Å². The molecule has 0 spiro atoms. The minimum absolute atomic E-state index is 0.149. The first-order valence-corrected chi connectivity index (χ1v) is 6.06. The quantitative estimate of drug-likeness (QED) is 0.809. The molecule has 17 heavy (non-hydrogen) atoms. The van der Waals surface area contributed by atoms with Crippen molar-refractivity contribution in [3.05, 3.63) is 29.6 Å². The molecule has 0 saturated heterocycles. The number of nitrogens with zero attached hydrogens (tertiary/aromatic N) is 2. The van der Waals surface area contributed by atoms with Crippen molar-refractivity contribution in [2.24, 2.45) is 0 Å². The molecule has 0 atom stereocenters. The minimum Gasteiger partial charge on any atom is -0.342 e. The van der Waals surface area contributed by atoms with E-state index in [0.29, 0.717) is 13.1 Å². The number of carbonyl (C=O) groups is 1. The van der Waals surface area contributed by atoms with Gasteiger partial charge in [-0.25, -0.2) is 0 Å². The highest BCUT2D eigenvalue weighted by molar-refractivity contribution is 5.78. The number of amides is 1. The van der Waals surface area contributed by atoms with Crippen LogP contribution in [0.25, 0.3) is 0 Å². The van der Waals surface area contributed by atoms with Crippen molar-refractivity contribution in [3.63, 3.8) is 0 Å². The van der Waals surface area contributed by atoms with Gasteiger partial charge in [0.15, 0.2) is 0 Å². The van der Waals surface area contributed by atoms with E-state index < -0.39 is 0 Å². The van der Waals surface area contributed by atoms with Gasteiger partial charge in [-0.05, 0) is 31.9 Å². The van der Waals surface area contributed by atoms with E-state index in [1.807, 2.05) is 38.1 Å². The molecular weight excluding hydrogens is 214 g/mol. The molecule has 0 bridgehead atoms. The number of aromatic nitrogens is 1. The lowest BCUT2D eigenvalue weighted by molar-refractivity contribution is -0.129. The van der Waals surface area contributed by atoms with Gasteiger partial charge in [-0.3, -0.25) is 9.78 Å². The Balaban J connectivity index is 2.35.